The average molecular weight is 336 g/mol. The fourth-order valence-electron chi connectivity index (χ4n) is 1.92. The third-order valence-corrected chi connectivity index (χ3v) is 3.17. The third-order valence-electron chi connectivity index (χ3n) is 3.17. The number of aromatic nitrogens is 3. The van der Waals surface area contributed by atoms with Gasteiger partial charge in [-0.1, -0.05) is 24.3 Å². The fourth-order valence-corrected chi connectivity index (χ4v) is 1.92. The minimum Gasteiger partial charge on any atom is -0.393 e. The van der Waals surface area contributed by atoms with Gasteiger partial charge in [0.15, 0.2) is 11.6 Å². The summed E-state index contributed by atoms with van der Waals surface area (Å²) in [7, 11) is 0. The molecule has 25 heavy (non-hydrogen) atoms. The Balaban J connectivity index is 1.63. The Kier molecular flexibility index (Phi) is 4.86. The summed E-state index contributed by atoms with van der Waals surface area (Å²) < 4.78 is 0. The van der Waals surface area contributed by atoms with Crippen molar-refractivity contribution in [2.24, 2.45) is 0 Å². The molecule has 2 heterocycles. The van der Waals surface area contributed by atoms with Crippen LogP contribution < -0.4 is 27.4 Å². The minimum absolute atomic E-state index is 0.243. The smallest absolute Gasteiger partial charge is 0.288 e. The van der Waals surface area contributed by atoms with Crippen molar-refractivity contribution in [3.63, 3.8) is 0 Å². The van der Waals surface area contributed by atoms with Crippen LogP contribution in [0.5, 0.6) is 0 Å². The highest BCUT2D eigenvalue weighted by Crippen LogP contribution is 2.21. The predicted octanol–water partition coefficient (Wildman–Crippen LogP) is 1.65. The molecule has 9 heteroatoms. The average Bonchev–Trinajstić information content (AvgIpc) is 2.67. The molecule has 2 aromatic heterocycles. The molecule has 0 atom stereocenters. The van der Waals surface area contributed by atoms with E-state index < -0.39 is 5.91 Å². The van der Waals surface area contributed by atoms with Gasteiger partial charge in [-0.2, -0.15) is 0 Å². The standard InChI is InChI=1S/C16H16N8O/c17-13-14(22-21-11-6-2-1-3-7-11)19-10-20-15(13)23-24-16(25)12-8-4-5-9-18-12/h1-10,21H,17H2,(H,24,25)(H2,19,20,22,23). The summed E-state index contributed by atoms with van der Waals surface area (Å²) >= 11 is 0. The van der Waals surface area contributed by atoms with Crippen LogP contribution in [0.1, 0.15) is 10.5 Å². The number of carbonyl (C=O) groups is 1. The van der Waals surface area contributed by atoms with Gasteiger partial charge in [-0.3, -0.25) is 31.5 Å². The molecule has 1 aromatic carbocycles. The van der Waals surface area contributed by atoms with Gasteiger partial charge in [0.25, 0.3) is 5.91 Å². The number of hydrazine groups is 2. The first kappa shape index (κ1) is 16.0. The van der Waals surface area contributed by atoms with Crippen LogP contribution in [0.25, 0.3) is 0 Å². The Morgan fingerprint density at radius 1 is 0.840 bits per heavy atom. The lowest BCUT2D eigenvalue weighted by Crippen LogP contribution is -2.31. The zero-order valence-electron chi connectivity index (χ0n) is 13.1. The number of anilines is 4. The lowest BCUT2D eigenvalue weighted by Gasteiger charge is -2.14. The highest BCUT2D eigenvalue weighted by molar-refractivity contribution is 5.93. The van der Waals surface area contributed by atoms with Crippen molar-refractivity contribution in [1.82, 2.24) is 20.4 Å². The highest BCUT2D eigenvalue weighted by atomic mass is 16.2. The van der Waals surface area contributed by atoms with Crippen LogP contribution in [0.2, 0.25) is 0 Å². The van der Waals surface area contributed by atoms with E-state index in [0.29, 0.717) is 5.82 Å². The summed E-state index contributed by atoms with van der Waals surface area (Å²) in [5.74, 6) is 0.223. The van der Waals surface area contributed by atoms with E-state index in [1.54, 1.807) is 18.2 Å². The molecule has 3 aromatic rings. The van der Waals surface area contributed by atoms with Crippen molar-refractivity contribution in [1.29, 1.82) is 0 Å². The Morgan fingerprint density at radius 2 is 1.56 bits per heavy atom. The molecule has 0 aliphatic carbocycles. The number of carbonyl (C=O) groups excluding carboxylic acids is 1. The van der Waals surface area contributed by atoms with E-state index in [2.05, 4.69) is 36.7 Å². The van der Waals surface area contributed by atoms with Crippen molar-refractivity contribution in [2.75, 3.05) is 22.0 Å². The minimum atomic E-state index is -0.407. The number of nitrogen functional groups attached to an aromatic ring is 1. The highest BCUT2D eigenvalue weighted by Gasteiger charge is 2.10. The second kappa shape index (κ2) is 7.59. The Morgan fingerprint density at radius 3 is 2.28 bits per heavy atom. The van der Waals surface area contributed by atoms with E-state index >= 15 is 0 Å². The maximum absolute atomic E-state index is 12.0. The van der Waals surface area contributed by atoms with Gasteiger partial charge in [0.2, 0.25) is 0 Å². The molecule has 126 valence electrons. The van der Waals surface area contributed by atoms with E-state index in [4.69, 9.17) is 5.73 Å². The van der Waals surface area contributed by atoms with Gasteiger partial charge < -0.3 is 5.73 Å². The number of nitrogens with two attached hydrogens (primary N) is 1. The molecular weight excluding hydrogens is 320 g/mol. The number of nitrogens with one attached hydrogen (secondary N) is 4. The molecule has 0 fully saturated rings. The van der Waals surface area contributed by atoms with E-state index in [0.717, 1.165) is 5.69 Å². The first-order valence-corrected chi connectivity index (χ1v) is 7.39. The largest absolute Gasteiger partial charge is 0.393 e. The molecule has 3 rings (SSSR count). The molecule has 6 N–H and O–H groups in total. The maximum Gasteiger partial charge on any atom is 0.288 e. The molecule has 1 amide bonds. The third kappa shape index (κ3) is 4.10. The van der Waals surface area contributed by atoms with Crippen LogP contribution in [0, 0.1) is 0 Å². The summed E-state index contributed by atoms with van der Waals surface area (Å²) in [5.41, 5.74) is 18.4. The van der Waals surface area contributed by atoms with Gasteiger partial charge in [0, 0.05) is 6.20 Å². The number of amides is 1. The summed E-state index contributed by atoms with van der Waals surface area (Å²) in [6.07, 6.45) is 2.85. The molecule has 0 saturated heterocycles. The van der Waals surface area contributed by atoms with Gasteiger partial charge in [-0.15, -0.1) is 0 Å². The number of para-hydroxylation sites is 1. The van der Waals surface area contributed by atoms with Crippen molar-refractivity contribution >= 4 is 28.9 Å². The monoisotopic (exact) mass is 336 g/mol. The topological polar surface area (TPSA) is 130 Å². The van der Waals surface area contributed by atoms with Gasteiger partial charge in [0.1, 0.15) is 17.7 Å². The number of benzene rings is 1. The lowest BCUT2D eigenvalue weighted by atomic mass is 10.3. The number of rotatable bonds is 6. The summed E-state index contributed by atoms with van der Waals surface area (Å²) in [6.45, 7) is 0. The van der Waals surface area contributed by atoms with Crippen LogP contribution in [0.15, 0.2) is 61.1 Å². The second-order valence-electron chi connectivity index (χ2n) is 4.89. The molecule has 0 bridgehead atoms. The SMILES string of the molecule is Nc1c(NNC(=O)c2ccccn2)ncnc1NNc1ccccc1. The summed E-state index contributed by atoms with van der Waals surface area (Å²) in [4.78, 5) is 24.0. The van der Waals surface area contributed by atoms with Gasteiger partial charge in [-0.05, 0) is 24.3 Å². The van der Waals surface area contributed by atoms with Gasteiger partial charge >= 0.3 is 0 Å². The second-order valence-corrected chi connectivity index (χ2v) is 4.89. The quantitative estimate of drug-likeness (QED) is 0.430. The molecule has 0 aliphatic rings. The Bertz CT molecular complexity index is 841. The molecule has 0 saturated carbocycles. The maximum atomic E-state index is 12.0. The zero-order valence-corrected chi connectivity index (χ0v) is 13.1. The number of nitrogens with zero attached hydrogens (tertiary/aromatic N) is 3. The Hall–Kier alpha value is -3.88. The van der Waals surface area contributed by atoms with Crippen LogP contribution in [-0.4, -0.2) is 20.9 Å². The number of hydrogen-bond acceptors (Lipinski definition) is 8. The first-order chi connectivity index (χ1) is 12.2. The van der Waals surface area contributed by atoms with E-state index in [-0.39, 0.29) is 17.2 Å². The lowest BCUT2D eigenvalue weighted by molar-refractivity contribution is 0.0957. The zero-order chi connectivity index (χ0) is 17.5. The van der Waals surface area contributed by atoms with Crippen molar-refractivity contribution < 1.29 is 4.79 Å². The molecule has 0 spiro atoms. The number of pyridine rings is 1. The van der Waals surface area contributed by atoms with Crippen molar-refractivity contribution in [2.45, 2.75) is 0 Å². The van der Waals surface area contributed by atoms with E-state index in [1.807, 2.05) is 30.3 Å². The Labute approximate surface area is 143 Å². The predicted molar refractivity (Wildman–Crippen MR) is 95.5 cm³/mol. The van der Waals surface area contributed by atoms with Crippen LogP contribution in [-0.2, 0) is 0 Å². The molecule has 0 aliphatic heterocycles. The molecular formula is C16H16N8O. The van der Waals surface area contributed by atoms with Crippen molar-refractivity contribution in [3.05, 3.63) is 66.7 Å². The van der Waals surface area contributed by atoms with Crippen molar-refractivity contribution in [3.8, 4) is 0 Å². The van der Waals surface area contributed by atoms with E-state index in [1.165, 1.54) is 12.5 Å². The summed E-state index contributed by atoms with van der Waals surface area (Å²) in [5, 5.41) is 0. The van der Waals surface area contributed by atoms with Crippen LogP contribution in [0.3, 0.4) is 0 Å². The molecule has 0 radical (unpaired) electrons. The van der Waals surface area contributed by atoms with E-state index in [9.17, 15) is 4.79 Å². The van der Waals surface area contributed by atoms with Gasteiger partial charge in [0.05, 0.1) is 5.69 Å². The normalized spacial score (nSPS) is 9.92. The van der Waals surface area contributed by atoms with Crippen LogP contribution >= 0.6 is 0 Å². The fraction of sp³-hybridized carbons (Fsp3) is 0. The molecule has 9 nitrogen and oxygen atoms in total. The van der Waals surface area contributed by atoms with Crippen LogP contribution in [0.4, 0.5) is 23.0 Å². The first-order valence-electron chi connectivity index (χ1n) is 7.39. The molecule has 0 unspecified atom stereocenters. The van der Waals surface area contributed by atoms with Gasteiger partial charge in [-0.25, -0.2) is 9.97 Å². The number of hydrogen-bond donors (Lipinski definition) is 5. The summed E-state index contributed by atoms with van der Waals surface area (Å²) in [6, 6.07) is 14.5.